The van der Waals surface area contributed by atoms with Crippen LogP contribution in [0.25, 0.3) is 10.9 Å². The van der Waals surface area contributed by atoms with E-state index in [1.165, 1.54) is 0 Å². The molecular formula is C37H53N11O14. The molecule has 0 aliphatic carbocycles. The molecule has 0 spiro atoms. The van der Waals surface area contributed by atoms with Crippen molar-refractivity contribution < 1.29 is 68.1 Å². The van der Waals surface area contributed by atoms with Gasteiger partial charge in [0.15, 0.2) is 0 Å². The number of benzene rings is 1. The first-order valence-electron chi connectivity index (χ1n) is 19.1. The maximum Gasteiger partial charge on any atom is 0.326 e. The maximum atomic E-state index is 13.2. The zero-order valence-electron chi connectivity index (χ0n) is 33.9. The minimum absolute atomic E-state index is 0.102. The van der Waals surface area contributed by atoms with E-state index in [0.717, 1.165) is 16.5 Å². The molecule has 9 amide bonds. The Hall–Kier alpha value is -7.15. The number of aliphatic carboxylic acids is 2. The number of aromatic amines is 1. The van der Waals surface area contributed by atoms with Crippen LogP contribution in [0, 0.1) is 5.92 Å². The average Bonchev–Trinajstić information content (AvgIpc) is 3.60. The predicted octanol–water partition coefficient (Wildman–Crippen LogP) is -5.57. The minimum Gasteiger partial charge on any atom is -0.481 e. The third-order valence-electron chi connectivity index (χ3n) is 8.83. The highest BCUT2D eigenvalue weighted by Crippen LogP contribution is 2.18. The van der Waals surface area contributed by atoms with Crippen molar-refractivity contribution in [3.8, 4) is 0 Å². The molecule has 1 heterocycles. The number of H-pyrrole nitrogens is 1. The normalized spacial score (nSPS) is 13.8. The minimum atomic E-state index is -1.90. The fraction of sp³-hybridized carbons (Fsp3) is 0.486. The van der Waals surface area contributed by atoms with Crippen LogP contribution in [0.5, 0.6) is 0 Å². The van der Waals surface area contributed by atoms with Gasteiger partial charge in [0.05, 0.1) is 38.6 Å². The summed E-state index contributed by atoms with van der Waals surface area (Å²) in [4.78, 5) is 139. The molecule has 0 aliphatic heterocycles. The van der Waals surface area contributed by atoms with Crippen LogP contribution in [0.1, 0.15) is 51.5 Å². The van der Waals surface area contributed by atoms with Crippen molar-refractivity contribution in [3.05, 3.63) is 36.0 Å². The largest absolute Gasteiger partial charge is 0.481 e. The molecule has 25 heteroatoms. The number of aromatic nitrogens is 1. The van der Waals surface area contributed by atoms with Gasteiger partial charge in [-0.05, 0) is 36.8 Å². The number of hydrogen-bond donors (Lipinski definition) is 14. The molecule has 2 aromatic rings. The van der Waals surface area contributed by atoms with Crippen molar-refractivity contribution >= 4 is 76.0 Å². The van der Waals surface area contributed by atoms with Gasteiger partial charge in [-0.15, -0.1) is 0 Å². The molecule has 0 radical (unpaired) electrons. The fourth-order valence-corrected chi connectivity index (χ4v) is 5.77. The number of nitrogens with two attached hydrogens (primary N) is 3. The van der Waals surface area contributed by atoms with Crippen molar-refractivity contribution in [2.24, 2.45) is 23.1 Å². The number of nitrogens with one attached hydrogen (secondary N) is 8. The Kier molecular flexibility index (Phi) is 20.4. The highest BCUT2D eigenvalue weighted by Gasteiger charge is 2.33. The van der Waals surface area contributed by atoms with Crippen LogP contribution in [0.15, 0.2) is 30.5 Å². The lowest BCUT2D eigenvalue weighted by molar-refractivity contribution is -0.144. The van der Waals surface area contributed by atoms with Crippen LogP contribution in [0.3, 0.4) is 0 Å². The Balaban J connectivity index is 2.01. The van der Waals surface area contributed by atoms with Crippen LogP contribution in [-0.4, -0.2) is 141 Å². The van der Waals surface area contributed by atoms with Gasteiger partial charge in [0, 0.05) is 23.5 Å². The van der Waals surface area contributed by atoms with E-state index in [1.807, 2.05) is 29.6 Å². The van der Waals surface area contributed by atoms with Gasteiger partial charge in [-0.25, -0.2) is 4.79 Å². The Labute approximate surface area is 353 Å². The summed E-state index contributed by atoms with van der Waals surface area (Å²) < 4.78 is 0. The Morgan fingerprint density at radius 3 is 1.74 bits per heavy atom. The van der Waals surface area contributed by atoms with E-state index in [-0.39, 0.29) is 18.8 Å². The summed E-state index contributed by atoms with van der Waals surface area (Å²) in [6, 6.07) is -2.11. The molecule has 0 unspecified atom stereocenters. The van der Waals surface area contributed by atoms with Gasteiger partial charge >= 0.3 is 11.9 Å². The lowest BCUT2D eigenvalue weighted by Gasteiger charge is -2.25. The number of carboxylic acid groups (broad SMARTS) is 2. The Bertz CT molecular complexity index is 1990. The third-order valence-corrected chi connectivity index (χ3v) is 8.83. The topological polar surface area (TPSA) is 427 Å². The fourth-order valence-electron chi connectivity index (χ4n) is 5.77. The Morgan fingerprint density at radius 2 is 1.18 bits per heavy atom. The highest BCUT2D eigenvalue weighted by atomic mass is 16.4. The molecule has 1 aromatic heterocycles. The summed E-state index contributed by atoms with van der Waals surface area (Å²) >= 11 is 0. The van der Waals surface area contributed by atoms with Gasteiger partial charge < -0.3 is 74.7 Å². The molecule has 0 saturated heterocycles. The second kappa shape index (κ2) is 24.8. The van der Waals surface area contributed by atoms with Gasteiger partial charge in [-0.2, -0.15) is 0 Å². The van der Waals surface area contributed by atoms with Crippen molar-refractivity contribution in [1.29, 1.82) is 0 Å². The summed E-state index contributed by atoms with van der Waals surface area (Å²) in [5.41, 5.74) is 18.0. The van der Waals surface area contributed by atoms with Gasteiger partial charge in [-0.1, -0.05) is 32.0 Å². The molecule has 62 heavy (non-hydrogen) atoms. The van der Waals surface area contributed by atoms with Gasteiger partial charge in [0.2, 0.25) is 53.2 Å². The molecule has 1 aromatic carbocycles. The number of fused-ring (bicyclic) bond motifs is 1. The number of carbonyl (C=O) groups is 11. The number of amides is 9. The molecule has 0 aliphatic rings. The van der Waals surface area contributed by atoms with Crippen molar-refractivity contribution in [2.45, 2.75) is 88.6 Å². The number of rotatable bonds is 27. The lowest BCUT2D eigenvalue weighted by atomic mass is 10.0. The van der Waals surface area contributed by atoms with E-state index in [4.69, 9.17) is 22.3 Å². The standard InChI is InChI=1S/C37H53N11O14/c1-17(2)9-23(44-29(52)14-42-32(56)20(38)10-18-13-41-21-6-4-3-5-19(18)21)33(57)43-15-30(53)45-26(16-49)36(60)47-24(11-27(39)50)35(59)46-22(7-8-31(54)55)34(58)48-25(37(61)62)12-28(40)51/h3-6,13,17,20,22-26,41,49H,7-12,14-16,38H2,1-2H3,(H2,39,50)(H2,40,51)(H,42,56)(H,43,57)(H,44,52)(H,45,53)(H,46,59)(H,47,60)(H,48,58)(H,54,55)(H,61,62)/t20-,22-,23-,24-,25-,26-/m0/s1. The summed E-state index contributed by atoms with van der Waals surface area (Å²) in [5.74, 6) is -12.6. The number of primary amides is 2. The molecule has 0 saturated carbocycles. The van der Waals surface area contributed by atoms with Crippen LogP contribution in [0.4, 0.5) is 0 Å². The number of carboxylic acids is 2. The van der Waals surface area contributed by atoms with E-state index in [2.05, 4.69) is 36.9 Å². The summed E-state index contributed by atoms with van der Waals surface area (Å²) in [5, 5.41) is 44.6. The van der Waals surface area contributed by atoms with E-state index in [9.17, 15) is 63.0 Å². The first-order valence-corrected chi connectivity index (χ1v) is 19.1. The highest BCUT2D eigenvalue weighted by molar-refractivity contribution is 5.98. The lowest BCUT2D eigenvalue weighted by Crippen LogP contribution is -2.59. The van der Waals surface area contributed by atoms with Crippen LogP contribution in [0.2, 0.25) is 0 Å². The van der Waals surface area contributed by atoms with Crippen molar-refractivity contribution in [2.75, 3.05) is 19.7 Å². The van der Waals surface area contributed by atoms with Crippen molar-refractivity contribution in [1.82, 2.24) is 42.2 Å². The SMILES string of the molecule is CC(C)C[C@H](NC(=O)CNC(=O)[C@@H](N)Cc1c[nH]c2ccccc12)C(=O)NCC(=O)N[C@@H](CO)C(=O)N[C@@H](CC(N)=O)C(=O)N[C@@H](CCC(=O)O)C(=O)N[C@@H](CC(N)=O)C(=O)O. The second-order valence-electron chi connectivity index (χ2n) is 14.5. The van der Waals surface area contributed by atoms with Crippen LogP contribution < -0.4 is 54.4 Å². The first-order chi connectivity index (χ1) is 29.1. The third kappa shape index (κ3) is 17.6. The maximum absolute atomic E-state index is 13.2. The molecule has 25 nitrogen and oxygen atoms in total. The van der Waals surface area contributed by atoms with Crippen LogP contribution in [-0.2, 0) is 59.2 Å². The smallest absolute Gasteiger partial charge is 0.326 e. The summed E-state index contributed by atoms with van der Waals surface area (Å²) in [7, 11) is 0. The second-order valence-corrected chi connectivity index (χ2v) is 14.5. The number of para-hydroxylation sites is 1. The van der Waals surface area contributed by atoms with Gasteiger partial charge in [-0.3, -0.25) is 47.9 Å². The molecule has 340 valence electrons. The summed E-state index contributed by atoms with van der Waals surface area (Å²) in [6.45, 7) is 1.12. The number of aliphatic hydroxyl groups is 1. The zero-order chi connectivity index (χ0) is 46.7. The first kappa shape index (κ1) is 51.0. The Morgan fingerprint density at radius 1 is 0.661 bits per heavy atom. The molecule has 2 rings (SSSR count). The number of aliphatic hydroxyl groups excluding tert-OH is 1. The van der Waals surface area contributed by atoms with Gasteiger partial charge in [0.25, 0.3) is 0 Å². The summed E-state index contributed by atoms with van der Waals surface area (Å²) in [6.07, 6.45) is -1.14. The quantitative estimate of drug-likeness (QED) is 0.0398. The number of carbonyl (C=O) groups excluding carboxylic acids is 9. The molecular weight excluding hydrogens is 822 g/mol. The molecule has 0 fully saturated rings. The van der Waals surface area contributed by atoms with E-state index < -0.39 is 147 Å². The van der Waals surface area contributed by atoms with Gasteiger partial charge in [0.1, 0.15) is 30.2 Å². The zero-order valence-corrected chi connectivity index (χ0v) is 33.9. The average molecular weight is 876 g/mol. The molecule has 6 atom stereocenters. The van der Waals surface area contributed by atoms with E-state index in [0.29, 0.717) is 0 Å². The van der Waals surface area contributed by atoms with E-state index >= 15 is 0 Å². The monoisotopic (exact) mass is 875 g/mol. The number of hydrogen-bond acceptors (Lipinski definition) is 13. The molecule has 0 bridgehead atoms. The molecule has 17 N–H and O–H groups in total. The van der Waals surface area contributed by atoms with Crippen molar-refractivity contribution in [3.63, 3.8) is 0 Å². The van der Waals surface area contributed by atoms with Crippen LogP contribution >= 0.6 is 0 Å². The van der Waals surface area contributed by atoms with E-state index in [1.54, 1.807) is 20.0 Å². The predicted molar refractivity (Wildman–Crippen MR) is 214 cm³/mol.